The number of carboxylic acid groups (broad SMARTS) is 1. The highest BCUT2D eigenvalue weighted by Crippen LogP contribution is 2.29. The number of ether oxygens (including phenoxy) is 1. The summed E-state index contributed by atoms with van der Waals surface area (Å²) in [6, 6.07) is 7.28. The second-order valence-electron chi connectivity index (χ2n) is 5.41. The fourth-order valence-corrected chi connectivity index (χ4v) is 2.30. The highest BCUT2D eigenvalue weighted by molar-refractivity contribution is 5.90. The molecule has 0 aliphatic carbocycles. The molecule has 1 aromatic heterocycles. The van der Waals surface area contributed by atoms with Crippen LogP contribution in [0.25, 0.3) is 10.9 Å². The average Bonchev–Trinajstić information content (AvgIpc) is 2.85. The van der Waals surface area contributed by atoms with Gasteiger partial charge in [0, 0.05) is 18.0 Å². The number of nitrogens with two attached hydrogens (primary N) is 1. The topological polar surface area (TPSA) is 94.5 Å². The standard InChI is InChI=1S/C17H20N2O4/c1-3-7-15(20)23-14-10-19(11-17(18,4-2)16(21)22)13-9-6-5-8-12(13)14/h4-6,8-10H,2-3,7,11,18H2,1H3,(H,21,22). The van der Waals surface area contributed by atoms with Crippen molar-refractivity contribution in [3.63, 3.8) is 0 Å². The minimum Gasteiger partial charge on any atom is -0.480 e. The van der Waals surface area contributed by atoms with Crippen molar-refractivity contribution in [2.24, 2.45) is 5.73 Å². The molecule has 2 aromatic rings. The molecule has 0 aliphatic rings. The molecule has 1 heterocycles. The first-order valence-electron chi connectivity index (χ1n) is 7.35. The predicted molar refractivity (Wildman–Crippen MR) is 87.2 cm³/mol. The normalized spacial score (nSPS) is 13.5. The summed E-state index contributed by atoms with van der Waals surface area (Å²) in [4.78, 5) is 23.1. The quantitative estimate of drug-likeness (QED) is 0.604. The van der Waals surface area contributed by atoms with Gasteiger partial charge in [0.05, 0.1) is 12.1 Å². The molecule has 0 aliphatic heterocycles. The van der Waals surface area contributed by atoms with Crippen LogP contribution in [0.1, 0.15) is 19.8 Å². The van der Waals surface area contributed by atoms with E-state index in [1.165, 1.54) is 6.08 Å². The molecule has 6 heteroatoms. The number of rotatable bonds is 7. The van der Waals surface area contributed by atoms with Gasteiger partial charge in [-0.1, -0.05) is 25.1 Å². The largest absolute Gasteiger partial charge is 0.480 e. The summed E-state index contributed by atoms with van der Waals surface area (Å²) in [5.41, 5.74) is 5.01. The minimum atomic E-state index is -1.60. The van der Waals surface area contributed by atoms with Crippen LogP contribution in [0, 0.1) is 0 Å². The first-order valence-corrected chi connectivity index (χ1v) is 7.35. The molecule has 122 valence electrons. The first kappa shape index (κ1) is 16.8. The third-order valence-corrected chi connectivity index (χ3v) is 3.62. The summed E-state index contributed by atoms with van der Waals surface area (Å²) in [6.45, 7) is 5.38. The number of carboxylic acids is 1. The van der Waals surface area contributed by atoms with E-state index in [-0.39, 0.29) is 12.5 Å². The van der Waals surface area contributed by atoms with E-state index >= 15 is 0 Å². The molecule has 6 nitrogen and oxygen atoms in total. The summed E-state index contributed by atoms with van der Waals surface area (Å²) in [5, 5.41) is 10.0. The molecule has 2 rings (SSSR count). The van der Waals surface area contributed by atoms with Gasteiger partial charge in [-0.25, -0.2) is 4.79 Å². The Labute approximate surface area is 134 Å². The lowest BCUT2D eigenvalue weighted by Gasteiger charge is -2.21. The Morgan fingerprint density at radius 1 is 1.43 bits per heavy atom. The summed E-state index contributed by atoms with van der Waals surface area (Å²) in [5.74, 6) is -1.10. The third-order valence-electron chi connectivity index (χ3n) is 3.62. The summed E-state index contributed by atoms with van der Waals surface area (Å²) < 4.78 is 7.05. The zero-order valence-corrected chi connectivity index (χ0v) is 13.0. The third kappa shape index (κ3) is 3.43. The molecule has 0 spiro atoms. The molecule has 1 atom stereocenters. The summed E-state index contributed by atoms with van der Waals surface area (Å²) in [6.07, 6.45) is 3.82. The molecule has 0 amide bonds. The lowest BCUT2D eigenvalue weighted by Crippen LogP contribution is -2.49. The number of aliphatic carboxylic acids is 1. The number of hydrogen-bond donors (Lipinski definition) is 2. The monoisotopic (exact) mass is 316 g/mol. The van der Waals surface area contributed by atoms with Crippen LogP contribution in [-0.2, 0) is 16.1 Å². The van der Waals surface area contributed by atoms with E-state index in [1.807, 2.05) is 31.2 Å². The van der Waals surface area contributed by atoms with Crippen molar-refractivity contribution in [3.05, 3.63) is 43.1 Å². The number of carbonyl (C=O) groups is 2. The van der Waals surface area contributed by atoms with E-state index in [0.717, 1.165) is 10.9 Å². The molecule has 3 N–H and O–H groups in total. The van der Waals surface area contributed by atoms with E-state index < -0.39 is 11.5 Å². The van der Waals surface area contributed by atoms with Crippen LogP contribution in [0.4, 0.5) is 0 Å². The molecule has 1 aromatic carbocycles. The molecular weight excluding hydrogens is 296 g/mol. The van der Waals surface area contributed by atoms with Crippen LogP contribution < -0.4 is 10.5 Å². The van der Waals surface area contributed by atoms with Crippen LogP contribution in [0.3, 0.4) is 0 Å². The molecule has 0 saturated carbocycles. The Balaban J connectivity index is 2.43. The highest BCUT2D eigenvalue weighted by atomic mass is 16.5. The number of aromatic nitrogens is 1. The number of fused-ring (bicyclic) bond motifs is 1. The van der Waals surface area contributed by atoms with Gasteiger partial charge >= 0.3 is 11.9 Å². The maximum absolute atomic E-state index is 11.7. The minimum absolute atomic E-state index is 0.0162. The van der Waals surface area contributed by atoms with Gasteiger partial charge in [0.1, 0.15) is 0 Å². The number of benzene rings is 1. The molecule has 1 unspecified atom stereocenters. The molecule has 0 fully saturated rings. The van der Waals surface area contributed by atoms with Gasteiger partial charge in [-0.05, 0) is 18.6 Å². The zero-order chi connectivity index (χ0) is 17.0. The summed E-state index contributed by atoms with van der Waals surface area (Å²) in [7, 11) is 0. The van der Waals surface area contributed by atoms with Crippen molar-refractivity contribution in [1.82, 2.24) is 4.57 Å². The van der Waals surface area contributed by atoms with Gasteiger partial charge in [-0.2, -0.15) is 0 Å². The van der Waals surface area contributed by atoms with Crippen molar-refractivity contribution in [3.8, 4) is 5.75 Å². The maximum Gasteiger partial charge on any atom is 0.329 e. The fourth-order valence-electron chi connectivity index (χ4n) is 2.30. The Morgan fingerprint density at radius 2 is 2.13 bits per heavy atom. The highest BCUT2D eigenvalue weighted by Gasteiger charge is 2.31. The first-order chi connectivity index (χ1) is 10.9. The summed E-state index contributed by atoms with van der Waals surface area (Å²) >= 11 is 0. The van der Waals surface area contributed by atoms with Crippen molar-refractivity contribution < 1.29 is 19.4 Å². The van der Waals surface area contributed by atoms with Crippen molar-refractivity contribution in [1.29, 1.82) is 0 Å². The molecule has 0 radical (unpaired) electrons. The number of carbonyl (C=O) groups excluding carboxylic acids is 1. The Kier molecular flexibility index (Phi) is 4.86. The number of para-hydroxylation sites is 1. The number of nitrogens with zero attached hydrogens (tertiary/aromatic N) is 1. The van der Waals surface area contributed by atoms with E-state index in [0.29, 0.717) is 18.6 Å². The Bertz CT molecular complexity index is 750. The second-order valence-corrected chi connectivity index (χ2v) is 5.41. The van der Waals surface area contributed by atoms with Gasteiger partial charge in [0.25, 0.3) is 0 Å². The molecular formula is C17H20N2O4. The van der Waals surface area contributed by atoms with Crippen molar-refractivity contribution >= 4 is 22.8 Å². The van der Waals surface area contributed by atoms with Gasteiger partial charge in [0.15, 0.2) is 11.3 Å². The van der Waals surface area contributed by atoms with Gasteiger partial charge in [0.2, 0.25) is 0 Å². The van der Waals surface area contributed by atoms with Crippen LogP contribution in [0.15, 0.2) is 43.1 Å². The van der Waals surface area contributed by atoms with Crippen LogP contribution in [0.2, 0.25) is 0 Å². The van der Waals surface area contributed by atoms with E-state index in [9.17, 15) is 14.7 Å². The molecule has 0 bridgehead atoms. The average molecular weight is 316 g/mol. The van der Waals surface area contributed by atoms with Crippen LogP contribution in [-0.4, -0.2) is 27.2 Å². The SMILES string of the molecule is C=CC(N)(Cn1cc(OC(=O)CCC)c2ccccc21)C(=O)O. The number of esters is 1. The van der Waals surface area contributed by atoms with Crippen molar-refractivity contribution in [2.75, 3.05) is 0 Å². The smallest absolute Gasteiger partial charge is 0.329 e. The number of hydrogen-bond acceptors (Lipinski definition) is 4. The van der Waals surface area contributed by atoms with E-state index in [2.05, 4.69) is 6.58 Å². The van der Waals surface area contributed by atoms with Crippen LogP contribution in [0.5, 0.6) is 5.75 Å². The maximum atomic E-state index is 11.7. The Morgan fingerprint density at radius 3 is 2.74 bits per heavy atom. The van der Waals surface area contributed by atoms with Gasteiger partial charge < -0.3 is 20.1 Å². The Hall–Kier alpha value is -2.60. The van der Waals surface area contributed by atoms with Gasteiger partial charge in [-0.15, -0.1) is 6.58 Å². The van der Waals surface area contributed by atoms with Crippen LogP contribution >= 0.6 is 0 Å². The van der Waals surface area contributed by atoms with E-state index in [4.69, 9.17) is 10.5 Å². The second kappa shape index (κ2) is 6.66. The van der Waals surface area contributed by atoms with E-state index in [1.54, 1.807) is 10.8 Å². The molecule has 0 saturated heterocycles. The predicted octanol–water partition coefficient (Wildman–Crippen LogP) is 2.31. The molecule has 23 heavy (non-hydrogen) atoms. The zero-order valence-electron chi connectivity index (χ0n) is 13.0. The fraction of sp³-hybridized carbons (Fsp3) is 0.294. The lowest BCUT2D eigenvalue weighted by atomic mass is 10.0. The van der Waals surface area contributed by atoms with Gasteiger partial charge in [-0.3, -0.25) is 4.79 Å². The van der Waals surface area contributed by atoms with Crippen molar-refractivity contribution in [2.45, 2.75) is 31.8 Å². The lowest BCUT2D eigenvalue weighted by molar-refractivity contribution is -0.142.